The first kappa shape index (κ1) is 5.25. The van der Waals surface area contributed by atoms with Crippen LogP contribution in [0.4, 0.5) is 0 Å². The van der Waals surface area contributed by atoms with Gasteiger partial charge in [0, 0.05) is 6.07 Å². The molecule has 0 aliphatic heterocycles. The standard InChI is InChI=1S/C4H4BO3/c6-5-8-4-1-2-7-3-4/h1-3,6H. The molecule has 41 valence electrons. The minimum absolute atomic E-state index is 0.493. The quantitative estimate of drug-likeness (QED) is 0.553. The molecule has 3 nitrogen and oxygen atoms in total. The molecule has 1 heterocycles. The SMILES string of the molecule is O[B]Oc1ccoc1. The molecule has 0 unspecified atom stereocenters. The van der Waals surface area contributed by atoms with Crippen LogP contribution in [0.2, 0.25) is 0 Å². The van der Waals surface area contributed by atoms with Crippen molar-refractivity contribution in [2.75, 3.05) is 0 Å². The second kappa shape index (κ2) is 2.42. The molecule has 0 aromatic carbocycles. The van der Waals surface area contributed by atoms with Crippen molar-refractivity contribution in [3.8, 4) is 5.75 Å². The van der Waals surface area contributed by atoms with Gasteiger partial charge in [-0.3, -0.25) is 0 Å². The Bertz CT molecular complexity index is 137. The number of rotatable bonds is 2. The highest BCUT2D eigenvalue weighted by atomic mass is 16.5. The minimum Gasteiger partial charge on any atom is -0.535 e. The van der Waals surface area contributed by atoms with Crippen molar-refractivity contribution in [1.82, 2.24) is 0 Å². The summed E-state index contributed by atoms with van der Waals surface area (Å²) in [5.41, 5.74) is 0. The normalized spacial score (nSPS) is 8.62. The highest BCUT2D eigenvalue weighted by Crippen LogP contribution is 2.07. The third kappa shape index (κ3) is 1.04. The molecule has 0 atom stereocenters. The first-order valence-electron chi connectivity index (χ1n) is 2.08. The Balaban J connectivity index is 2.50. The van der Waals surface area contributed by atoms with Gasteiger partial charge in [-0.05, 0) is 0 Å². The summed E-state index contributed by atoms with van der Waals surface area (Å²) in [6, 6.07) is 1.59. The van der Waals surface area contributed by atoms with E-state index >= 15 is 0 Å². The Morgan fingerprint density at radius 1 is 1.75 bits per heavy atom. The molecule has 1 radical (unpaired) electrons. The van der Waals surface area contributed by atoms with Crippen molar-refractivity contribution < 1.29 is 14.1 Å². The molecule has 1 N–H and O–H groups in total. The Hall–Kier alpha value is -0.895. The van der Waals surface area contributed by atoms with Gasteiger partial charge in [0.2, 0.25) is 0 Å². The molecule has 1 aromatic rings. The molecule has 8 heavy (non-hydrogen) atoms. The van der Waals surface area contributed by atoms with Gasteiger partial charge < -0.3 is 14.1 Å². The number of furan rings is 1. The largest absolute Gasteiger partial charge is 0.569 e. The van der Waals surface area contributed by atoms with Crippen LogP contribution in [0, 0.1) is 0 Å². The highest BCUT2D eigenvalue weighted by molar-refractivity contribution is 6.17. The lowest BCUT2D eigenvalue weighted by atomic mass is 10.4. The summed E-state index contributed by atoms with van der Waals surface area (Å²) in [7, 11) is 0.602. The van der Waals surface area contributed by atoms with Crippen molar-refractivity contribution in [1.29, 1.82) is 0 Å². The molecule has 0 amide bonds. The zero-order valence-corrected chi connectivity index (χ0v) is 4.07. The van der Waals surface area contributed by atoms with Crippen LogP contribution in [0.5, 0.6) is 5.75 Å². The number of hydrogen-bond donors (Lipinski definition) is 1. The average molecular weight is 111 g/mol. The summed E-state index contributed by atoms with van der Waals surface area (Å²) in [6.45, 7) is 0. The predicted octanol–water partition coefficient (Wildman–Crippen LogP) is 0.185. The van der Waals surface area contributed by atoms with Crippen molar-refractivity contribution in [3.05, 3.63) is 18.6 Å². The molecule has 0 aliphatic rings. The first-order chi connectivity index (χ1) is 3.93. The van der Waals surface area contributed by atoms with Crippen molar-refractivity contribution in [2.45, 2.75) is 0 Å². The summed E-state index contributed by atoms with van der Waals surface area (Å²) in [5, 5.41) is 8.05. The molecule has 0 saturated heterocycles. The minimum atomic E-state index is 0.493. The van der Waals surface area contributed by atoms with Gasteiger partial charge in [-0.25, -0.2) is 0 Å². The molecule has 1 rings (SSSR count). The average Bonchev–Trinajstić information content (AvgIpc) is 2.19. The number of hydrogen-bond acceptors (Lipinski definition) is 3. The van der Waals surface area contributed by atoms with Crippen LogP contribution in [0.1, 0.15) is 0 Å². The third-order valence-corrected chi connectivity index (χ3v) is 0.684. The molecule has 0 saturated carbocycles. The summed E-state index contributed by atoms with van der Waals surface area (Å²) in [5.74, 6) is 0.493. The Labute approximate surface area is 47.2 Å². The van der Waals surface area contributed by atoms with Crippen LogP contribution in [0.15, 0.2) is 23.0 Å². The van der Waals surface area contributed by atoms with Crippen LogP contribution in [0.25, 0.3) is 0 Å². The monoisotopic (exact) mass is 111 g/mol. The van der Waals surface area contributed by atoms with Gasteiger partial charge in [-0.15, -0.1) is 0 Å². The van der Waals surface area contributed by atoms with Gasteiger partial charge in [-0.2, -0.15) is 0 Å². The molecule has 0 spiro atoms. The van der Waals surface area contributed by atoms with Gasteiger partial charge in [0.05, 0.1) is 6.26 Å². The van der Waals surface area contributed by atoms with E-state index in [2.05, 4.69) is 9.07 Å². The maximum atomic E-state index is 8.05. The molecule has 1 aromatic heterocycles. The summed E-state index contributed by atoms with van der Waals surface area (Å²) >= 11 is 0. The van der Waals surface area contributed by atoms with Crippen LogP contribution in [-0.2, 0) is 0 Å². The lowest BCUT2D eigenvalue weighted by molar-refractivity contribution is 0.446. The fraction of sp³-hybridized carbons (Fsp3) is 0. The first-order valence-corrected chi connectivity index (χ1v) is 2.08. The molecule has 0 fully saturated rings. The zero-order valence-electron chi connectivity index (χ0n) is 4.07. The van der Waals surface area contributed by atoms with E-state index in [-0.39, 0.29) is 0 Å². The fourth-order valence-electron chi connectivity index (χ4n) is 0.380. The van der Waals surface area contributed by atoms with Crippen LogP contribution in [0.3, 0.4) is 0 Å². The van der Waals surface area contributed by atoms with E-state index in [4.69, 9.17) is 5.02 Å². The van der Waals surface area contributed by atoms with E-state index < -0.39 is 0 Å². The van der Waals surface area contributed by atoms with Gasteiger partial charge in [0.1, 0.15) is 12.0 Å². The van der Waals surface area contributed by atoms with Crippen molar-refractivity contribution in [2.24, 2.45) is 0 Å². The summed E-state index contributed by atoms with van der Waals surface area (Å²) in [6.07, 6.45) is 2.84. The zero-order chi connectivity index (χ0) is 5.82. The predicted molar refractivity (Wildman–Crippen MR) is 27.3 cm³/mol. The summed E-state index contributed by atoms with van der Waals surface area (Å²) in [4.78, 5) is 0. The van der Waals surface area contributed by atoms with E-state index in [1.165, 1.54) is 12.5 Å². The van der Waals surface area contributed by atoms with E-state index in [9.17, 15) is 0 Å². The Kier molecular flexibility index (Phi) is 1.59. The molecular weight excluding hydrogens is 107 g/mol. The lowest BCUT2D eigenvalue weighted by Gasteiger charge is -1.89. The Morgan fingerprint density at radius 2 is 2.62 bits per heavy atom. The van der Waals surface area contributed by atoms with Crippen molar-refractivity contribution in [3.63, 3.8) is 0 Å². The van der Waals surface area contributed by atoms with Crippen LogP contribution in [-0.4, -0.2) is 12.7 Å². The fourth-order valence-corrected chi connectivity index (χ4v) is 0.380. The van der Waals surface area contributed by atoms with Crippen molar-refractivity contribution >= 4 is 7.69 Å². The Morgan fingerprint density at radius 3 is 3.12 bits per heavy atom. The second-order valence-corrected chi connectivity index (χ2v) is 1.18. The highest BCUT2D eigenvalue weighted by Gasteiger charge is 1.91. The maximum absolute atomic E-state index is 8.05. The summed E-state index contributed by atoms with van der Waals surface area (Å²) < 4.78 is 9.09. The van der Waals surface area contributed by atoms with Crippen LogP contribution >= 0.6 is 0 Å². The van der Waals surface area contributed by atoms with Gasteiger partial charge in [0.15, 0.2) is 0 Å². The second-order valence-electron chi connectivity index (χ2n) is 1.18. The van der Waals surface area contributed by atoms with Crippen LogP contribution < -0.4 is 4.65 Å². The van der Waals surface area contributed by atoms with E-state index in [1.54, 1.807) is 6.07 Å². The van der Waals surface area contributed by atoms with Gasteiger partial charge in [-0.1, -0.05) is 0 Å². The maximum Gasteiger partial charge on any atom is 0.569 e. The molecule has 4 heteroatoms. The third-order valence-electron chi connectivity index (χ3n) is 0.684. The van der Waals surface area contributed by atoms with E-state index in [1.807, 2.05) is 0 Å². The van der Waals surface area contributed by atoms with E-state index in [0.717, 1.165) is 0 Å². The lowest BCUT2D eigenvalue weighted by Crippen LogP contribution is -1.97. The van der Waals surface area contributed by atoms with Gasteiger partial charge in [0.25, 0.3) is 0 Å². The molecule has 0 aliphatic carbocycles. The van der Waals surface area contributed by atoms with E-state index in [0.29, 0.717) is 13.4 Å². The van der Waals surface area contributed by atoms with Gasteiger partial charge >= 0.3 is 7.69 Å². The smallest absolute Gasteiger partial charge is 0.535 e. The molecular formula is C4H4BO3. The topological polar surface area (TPSA) is 42.6 Å². The molecule has 0 bridgehead atoms.